The molecule has 0 amide bonds. The average Bonchev–Trinajstić information content (AvgIpc) is 3.44. The molecule has 0 bridgehead atoms. The van der Waals surface area contributed by atoms with E-state index in [1.165, 1.54) is 84.5 Å². The summed E-state index contributed by atoms with van der Waals surface area (Å²) >= 11 is 0. The first-order valence-electron chi connectivity index (χ1n) is 12.1. The van der Waals surface area contributed by atoms with Crippen LogP contribution in [0.15, 0.2) is 42.6 Å². The largest absolute Gasteiger partial charge is 0.220 e. The Morgan fingerprint density at radius 3 is 2.28 bits per heavy atom. The first-order valence-corrected chi connectivity index (χ1v) is 11.6. The predicted octanol–water partition coefficient (Wildman–Crippen LogP) is 7.26. The van der Waals surface area contributed by atoms with Gasteiger partial charge in [-0.15, -0.1) is 0 Å². The molecule has 1 aromatic heterocycles. The molecule has 0 aliphatic heterocycles. The van der Waals surface area contributed by atoms with Crippen LogP contribution >= 0.6 is 0 Å². The number of hydrogen-bond acceptors (Lipinski definition) is 0. The molecule has 0 saturated heterocycles. The van der Waals surface area contributed by atoms with Crippen molar-refractivity contribution in [3.8, 4) is 11.3 Å². The Morgan fingerprint density at radius 1 is 0.862 bits per heavy atom. The summed E-state index contributed by atoms with van der Waals surface area (Å²) in [6.45, 7) is 4.50. The highest BCUT2D eigenvalue weighted by atomic mass is 14.9. The Kier molecular flexibility index (Phi) is 4.63. The molecule has 5 rings (SSSR count). The van der Waals surface area contributed by atoms with Gasteiger partial charge in [-0.05, 0) is 85.6 Å². The van der Waals surface area contributed by atoms with Crippen molar-refractivity contribution in [2.75, 3.05) is 0 Å². The van der Waals surface area contributed by atoms with Crippen LogP contribution in [0.3, 0.4) is 0 Å². The number of aromatic nitrogens is 1. The number of rotatable bonds is 3. The number of pyridine rings is 1. The summed E-state index contributed by atoms with van der Waals surface area (Å²) in [6.07, 6.45) is 11.4. The Bertz CT molecular complexity index is 1100. The van der Waals surface area contributed by atoms with E-state index >= 15 is 0 Å². The van der Waals surface area contributed by atoms with Gasteiger partial charge in [-0.1, -0.05) is 49.4 Å². The van der Waals surface area contributed by atoms with Crippen LogP contribution in [0.5, 0.6) is 0 Å². The highest BCUT2D eigenvalue weighted by molar-refractivity contribution is 5.94. The molecule has 2 aromatic carbocycles. The van der Waals surface area contributed by atoms with Crippen LogP contribution in [0.1, 0.15) is 86.8 Å². The summed E-state index contributed by atoms with van der Waals surface area (Å²) in [5, 5.41) is 2.45. The van der Waals surface area contributed by atoms with Crippen LogP contribution in [0.25, 0.3) is 22.0 Å². The van der Waals surface area contributed by atoms with Gasteiger partial charge in [-0.25, -0.2) is 4.57 Å². The zero-order valence-corrected chi connectivity index (χ0v) is 18.2. The van der Waals surface area contributed by atoms with Crippen molar-refractivity contribution in [2.45, 2.75) is 77.0 Å². The lowest BCUT2D eigenvalue weighted by Gasteiger charge is -2.21. The molecule has 150 valence electrons. The van der Waals surface area contributed by atoms with Gasteiger partial charge in [0, 0.05) is 6.07 Å². The summed E-state index contributed by atoms with van der Waals surface area (Å²) in [5.41, 5.74) is 8.43. The SMILES string of the molecule is [2H]c1cc2ccc(C)cc2c(-c2cc(C3CCCC3)cc(C3CCCC3)c2C)[n+]1C. The lowest BCUT2D eigenvalue weighted by molar-refractivity contribution is -0.659. The van der Waals surface area contributed by atoms with Crippen LogP contribution in [-0.2, 0) is 7.05 Å². The molecule has 2 aliphatic carbocycles. The molecule has 0 N–H and O–H groups in total. The third-order valence-electron chi connectivity index (χ3n) is 7.56. The van der Waals surface area contributed by atoms with Crippen molar-refractivity contribution < 1.29 is 5.94 Å². The summed E-state index contributed by atoms with van der Waals surface area (Å²) < 4.78 is 10.7. The Morgan fingerprint density at radius 2 is 1.55 bits per heavy atom. The van der Waals surface area contributed by atoms with Crippen molar-refractivity contribution in [3.05, 3.63) is 64.8 Å². The van der Waals surface area contributed by atoms with Crippen molar-refractivity contribution >= 4 is 10.8 Å². The van der Waals surface area contributed by atoms with E-state index < -0.39 is 0 Å². The average molecular weight is 386 g/mol. The standard InChI is InChI=1S/C28H34N/c1-19-12-13-23-14-15-29(3)28(27(23)16-19)26-18-24(21-8-4-5-9-21)17-25(20(26)2)22-10-6-7-11-22/h12-18,21-22H,4-11H2,1-3H3/q+1/i15D. The molecular weight excluding hydrogens is 350 g/mol. The van der Waals surface area contributed by atoms with E-state index in [4.69, 9.17) is 1.37 Å². The zero-order valence-electron chi connectivity index (χ0n) is 19.2. The minimum atomic E-state index is 0.578. The number of hydrogen-bond donors (Lipinski definition) is 0. The van der Waals surface area contributed by atoms with Gasteiger partial charge in [0.15, 0.2) is 6.17 Å². The molecule has 0 unspecified atom stereocenters. The topological polar surface area (TPSA) is 3.88 Å². The fourth-order valence-electron chi connectivity index (χ4n) is 5.90. The maximum atomic E-state index is 8.62. The molecule has 2 saturated carbocycles. The van der Waals surface area contributed by atoms with Crippen LogP contribution in [0.4, 0.5) is 0 Å². The Balaban J connectivity index is 1.80. The van der Waals surface area contributed by atoms with E-state index in [2.05, 4.69) is 55.8 Å². The highest BCUT2D eigenvalue weighted by Crippen LogP contribution is 2.43. The van der Waals surface area contributed by atoms with E-state index in [-0.39, 0.29) is 0 Å². The van der Waals surface area contributed by atoms with Gasteiger partial charge in [0.25, 0.3) is 0 Å². The smallest absolute Gasteiger partial charge is 0.200 e. The number of fused-ring (bicyclic) bond motifs is 1. The minimum absolute atomic E-state index is 0.578. The van der Waals surface area contributed by atoms with Gasteiger partial charge in [0.2, 0.25) is 5.69 Å². The normalized spacial score (nSPS) is 18.7. The fraction of sp³-hybridized carbons (Fsp3) is 0.464. The molecule has 0 atom stereocenters. The van der Waals surface area contributed by atoms with Gasteiger partial charge in [0.1, 0.15) is 8.42 Å². The molecule has 2 aliphatic rings. The summed E-state index contributed by atoms with van der Waals surface area (Å²) in [7, 11) is 2.07. The fourth-order valence-corrected chi connectivity index (χ4v) is 5.90. The summed E-state index contributed by atoms with van der Waals surface area (Å²) in [4.78, 5) is 0. The monoisotopic (exact) mass is 385 g/mol. The minimum Gasteiger partial charge on any atom is -0.200 e. The first kappa shape index (κ1) is 17.7. The van der Waals surface area contributed by atoms with E-state index in [0.717, 1.165) is 0 Å². The van der Waals surface area contributed by atoms with Crippen LogP contribution in [-0.4, -0.2) is 0 Å². The lowest BCUT2D eigenvalue weighted by atomic mass is 9.83. The number of aryl methyl sites for hydroxylation is 1. The first-order chi connectivity index (χ1) is 14.5. The van der Waals surface area contributed by atoms with Crippen molar-refractivity contribution in [2.24, 2.45) is 7.05 Å². The van der Waals surface area contributed by atoms with Gasteiger partial charge >= 0.3 is 0 Å². The van der Waals surface area contributed by atoms with E-state index in [1.54, 1.807) is 11.1 Å². The second-order valence-corrected chi connectivity index (χ2v) is 9.52. The van der Waals surface area contributed by atoms with E-state index in [1.807, 2.05) is 6.07 Å². The molecule has 1 heteroatoms. The second-order valence-electron chi connectivity index (χ2n) is 9.52. The maximum Gasteiger partial charge on any atom is 0.220 e. The van der Waals surface area contributed by atoms with Crippen LogP contribution in [0.2, 0.25) is 0 Å². The zero-order chi connectivity index (χ0) is 20.8. The van der Waals surface area contributed by atoms with E-state index in [0.29, 0.717) is 18.0 Å². The summed E-state index contributed by atoms with van der Waals surface area (Å²) in [6, 6.07) is 13.7. The lowest BCUT2D eigenvalue weighted by Crippen LogP contribution is -2.31. The number of benzene rings is 2. The summed E-state index contributed by atoms with van der Waals surface area (Å²) in [5.74, 6) is 1.42. The highest BCUT2D eigenvalue weighted by Gasteiger charge is 2.27. The second kappa shape index (κ2) is 7.59. The van der Waals surface area contributed by atoms with Crippen molar-refractivity contribution in [1.82, 2.24) is 0 Å². The molecular formula is C28H34N+. The predicted molar refractivity (Wildman–Crippen MR) is 122 cm³/mol. The Hall–Kier alpha value is -2.15. The molecule has 1 heterocycles. The van der Waals surface area contributed by atoms with Crippen molar-refractivity contribution in [3.63, 3.8) is 0 Å². The van der Waals surface area contributed by atoms with E-state index in [9.17, 15) is 0 Å². The maximum absolute atomic E-state index is 8.62. The quantitative estimate of drug-likeness (QED) is 0.418. The third kappa shape index (κ3) is 3.39. The molecule has 2 fully saturated rings. The Labute approximate surface area is 177 Å². The molecule has 0 spiro atoms. The van der Waals surface area contributed by atoms with Crippen molar-refractivity contribution in [1.29, 1.82) is 0 Å². The van der Waals surface area contributed by atoms with Crippen LogP contribution in [0, 0.1) is 13.8 Å². The number of nitrogens with zero attached hydrogens (tertiary/aromatic N) is 1. The van der Waals surface area contributed by atoms with Gasteiger partial charge in [-0.2, -0.15) is 0 Å². The molecule has 3 aromatic rings. The molecule has 0 radical (unpaired) electrons. The van der Waals surface area contributed by atoms with Gasteiger partial charge in [0.05, 0.1) is 10.9 Å². The third-order valence-corrected chi connectivity index (χ3v) is 7.56. The van der Waals surface area contributed by atoms with Gasteiger partial charge < -0.3 is 0 Å². The van der Waals surface area contributed by atoms with Crippen LogP contribution < -0.4 is 4.57 Å². The molecule has 29 heavy (non-hydrogen) atoms. The molecule has 1 nitrogen and oxygen atoms in total. The van der Waals surface area contributed by atoms with Gasteiger partial charge in [-0.3, -0.25) is 0 Å².